The van der Waals surface area contributed by atoms with E-state index < -0.39 is 0 Å². The Morgan fingerprint density at radius 2 is 1.77 bits per heavy atom. The van der Waals surface area contributed by atoms with Crippen molar-refractivity contribution in [1.82, 2.24) is 35.8 Å². The molecule has 1 atom stereocenters. The molecule has 5 aromatic rings. The molecule has 2 aliphatic heterocycles. The van der Waals surface area contributed by atoms with E-state index in [0.29, 0.717) is 52.6 Å². The number of fused-ring (bicyclic) bond motifs is 1. The van der Waals surface area contributed by atoms with Crippen LogP contribution in [0.15, 0.2) is 60.8 Å². The van der Waals surface area contributed by atoms with Gasteiger partial charge in [-0.1, -0.05) is 59.6 Å². The molecule has 52 heavy (non-hydrogen) atoms. The first-order valence-electron chi connectivity index (χ1n) is 17.4. The number of hydrogen-bond donors (Lipinski definition) is 4. The minimum atomic E-state index is 0.0778. The number of hydrogen-bond acceptors (Lipinski definition) is 10. The summed E-state index contributed by atoms with van der Waals surface area (Å²) in [6.45, 7) is 3.68. The number of aromatic nitrogens is 3. The van der Waals surface area contributed by atoms with Crippen molar-refractivity contribution in [2.75, 3.05) is 39.1 Å². The monoisotopic (exact) mass is 758 g/mol. The van der Waals surface area contributed by atoms with Crippen molar-refractivity contribution in [2.45, 2.75) is 44.8 Å². The van der Waals surface area contributed by atoms with E-state index in [9.17, 15) is 9.59 Å². The van der Waals surface area contributed by atoms with Gasteiger partial charge in [0.1, 0.15) is 10.5 Å². The van der Waals surface area contributed by atoms with Crippen LogP contribution in [0, 0.1) is 5.92 Å². The predicted octanol–water partition coefficient (Wildman–Crippen LogP) is 6.81. The maximum Gasteiger partial charge on any atom is 0.222 e. The van der Waals surface area contributed by atoms with Crippen LogP contribution in [0.25, 0.3) is 32.6 Å². The van der Waals surface area contributed by atoms with Crippen molar-refractivity contribution in [3.63, 3.8) is 0 Å². The molecule has 270 valence electrons. The molecule has 2 saturated heterocycles. The van der Waals surface area contributed by atoms with Crippen molar-refractivity contribution in [1.29, 1.82) is 0 Å². The molecular formula is C38H40Cl2N8O3S. The van der Waals surface area contributed by atoms with Crippen molar-refractivity contribution in [3.05, 3.63) is 81.4 Å². The number of nitrogens with one attached hydrogen (secondary N) is 4. The normalized spacial score (nSPS) is 16.6. The molecule has 4 N–H and O–H groups in total. The van der Waals surface area contributed by atoms with Crippen LogP contribution in [0.2, 0.25) is 10.0 Å². The molecule has 0 bridgehead atoms. The Morgan fingerprint density at radius 3 is 2.52 bits per heavy atom. The van der Waals surface area contributed by atoms with Gasteiger partial charge in [-0.05, 0) is 50.6 Å². The molecule has 7 rings (SSSR count). The molecule has 0 spiro atoms. The van der Waals surface area contributed by atoms with Crippen molar-refractivity contribution in [3.8, 4) is 28.3 Å². The highest BCUT2D eigenvalue weighted by Gasteiger charge is 2.25. The van der Waals surface area contributed by atoms with E-state index in [-0.39, 0.29) is 23.8 Å². The summed E-state index contributed by atoms with van der Waals surface area (Å²) >= 11 is 15.9. The standard InChI is InChI=1S/C38H40Cl2N8O3S/c1-41-37(50)22-14-17-48(18-15-22)21-32-47-35-30(52-32)13-16-43-36(35)45-29-8-4-6-26(34(29)40)25-5-3-7-27(33(25)39)28-11-9-23(38(46-28)51-2)19-42-20-24-10-12-31(49)44-24/h3-9,11,13,16,22,24,42H,10,12,14-15,17-21H2,1-2H3,(H,41,50)(H,43,45)(H,44,49)/t24-/m0/s1. The second-order valence-electron chi connectivity index (χ2n) is 13.0. The van der Waals surface area contributed by atoms with E-state index in [1.165, 1.54) is 0 Å². The molecule has 11 nitrogen and oxygen atoms in total. The molecular weight excluding hydrogens is 719 g/mol. The van der Waals surface area contributed by atoms with Gasteiger partial charge in [0.05, 0.1) is 39.8 Å². The molecule has 0 unspecified atom stereocenters. The van der Waals surface area contributed by atoms with Gasteiger partial charge in [0, 0.05) is 67.0 Å². The van der Waals surface area contributed by atoms with Crippen LogP contribution in [0.3, 0.4) is 0 Å². The molecule has 0 saturated carbocycles. The van der Waals surface area contributed by atoms with Gasteiger partial charge in [-0.15, -0.1) is 11.3 Å². The van der Waals surface area contributed by atoms with E-state index in [1.54, 1.807) is 31.7 Å². The van der Waals surface area contributed by atoms with Crippen LogP contribution in [0.1, 0.15) is 36.3 Å². The first kappa shape index (κ1) is 36.0. The topological polar surface area (TPSA) is 133 Å². The van der Waals surface area contributed by atoms with Gasteiger partial charge < -0.3 is 26.0 Å². The zero-order valence-corrected chi connectivity index (χ0v) is 31.3. The van der Waals surface area contributed by atoms with Gasteiger partial charge in [-0.3, -0.25) is 14.5 Å². The Balaban J connectivity index is 1.08. The van der Waals surface area contributed by atoms with Gasteiger partial charge in [0.25, 0.3) is 0 Å². The van der Waals surface area contributed by atoms with E-state index >= 15 is 0 Å². The summed E-state index contributed by atoms with van der Waals surface area (Å²) in [5.41, 5.74) is 5.32. The smallest absolute Gasteiger partial charge is 0.222 e. The van der Waals surface area contributed by atoms with Gasteiger partial charge in [0.2, 0.25) is 17.7 Å². The number of pyridine rings is 2. The van der Waals surface area contributed by atoms with Crippen molar-refractivity contribution >= 4 is 68.1 Å². The Morgan fingerprint density at radius 1 is 1.00 bits per heavy atom. The van der Waals surface area contributed by atoms with Crippen molar-refractivity contribution < 1.29 is 14.3 Å². The molecule has 2 amide bonds. The second-order valence-corrected chi connectivity index (χ2v) is 14.9. The summed E-state index contributed by atoms with van der Waals surface area (Å²) in [6, 6.07) is 17.6. The summed E-state index contributed by atoms with van der Waals surface area (Å²) in [5.74, 6) is 1.43. The number of likely N-dealkylation sites (tertiary alicyclic amines) is 1. The minimum absolute atomic E-state index is 0.0778. The highest BCUT2D eigenvalue weighted by Crippen LogP contribution is 2.42. The lowest BCUT2D eigenvalue weighted by Gasteiger charge is -2.30. The number of nitrogens with zero attached hydrogens (tertiary/aromatic N) is 4. The van der Waals surface area contributed by atoms with Gasteiger partial charge >= 0.3 is 0 Å². The third-order valence-corrected chi connectivity index (χ3v) is 11.5. The van der Waals surface area contributed by atoms with E-state index in [1.807, 2.05) is 54.6 Å². The number of amides is 2. The lowest BCUT2D eigenvalue weighted by atomic mass is 9.96. The Hall–Kier alpha value is -4.33. The van der Waals surface area contributed by atoms with Crippen LogP contribution in [-0.4, -0.2) is 71.5 Å². The summed E-state index contributed by atoms with van der Waals surface area (Å²) in [7, 11) is 3.30. The number of carbonyl (C=O) groups excluding carboxylic acids is 2. The molecule has 3 aromatic heterocycles. The molecule has 0 aliphatic carbocycles. The average molecular weight is 760 g/mol. The Bertz CT molecular complexity index is 2100. The number of ether oxygens (including phenoxy) is 1. The van der Waals surface area contributed by atoms with Gasteiger partial charge in [-0.25, -0.2) is 15.0 Å². The van der Waals surface area contributed by atoms with E-state index in [0.717, 1.165) is 76.4 Å². The second kappa shape index (κ2) is 16.1. The lowest BCUT2D eigenvalue weighted by molar-refractivity contribution is -0.126. The van der Waals surface area contributed by atoms with Gasteiger partial charge in [-0.2, -0.15) is 0 Å². The maximum absolute atomic E-state index is 12.1. The molecule has 2 aromatic carbocycles. The average Bonchev–Trinajstić information content (AvgIpc) is 3.78. The van der Waals surface area contributed by atoms with Crippen molar-refractivity contribution in [2.24, 2.45) is 5.92 Å². The number of piperidine rings is 1. The van der Waals surface area contributed by atoms with E-state index in [2.05, 4.69) is 31.2 Å². The summed E-state index contributed by atoms with van der Waals surface area (Å²) in [5, 5.41) is 14.6. The number of methoxy groups -OCH3 is 1. The molecule has 0 radical (unpaired) electrons. The van der Waals surface area contributed by atoms with Crippen LogP contribution < -0.4 is 26.0 Å². The number of benzene rings is 2. The predicted molar refractivity (Wildman–Crippen MR) is 207 cm³/mol. The number of halogens is 2. The zero-order valence-electron chi connectivity index (χ0n) is 29.0. The molecule has 14 heteroatoms. The Labute approximate surface area is 316 Å². The van der Waals surface area contributed by atoms with Crippen LogP contribution in [-0.2, 0) is 22.7 Å². The number of anilines is 2. The molecule has 5 heterocycles. The Kier molecular flexibility index (Phi) is 11.2. The number of carbonyl (C=O) groups is 2. The maximum atomic E-state index is 12.1. The minimum Gasteiger partial charge on any atom is -0.481 e. The molecule has 2 aliphatic rings. The highest BCUT2D eigenvalue weighted by atomic mass is 35.5. The first-order valence-corrected chi connectivity index (χ1v) is 19.0. The summed E-state index contributed by atoms with van der Waals surface area (Å²) in [6.07, 6.45) is 4.88. The lowest BCUT2D eigenvalue weighted by Crippen LogP contribution is -2.39. The fourth-order valence-electron chi connectivity index (χ4n) is 6.85. The molecule has 2 fully saturated rings. The number of rotatable bonds is 12. The number of thiazole rings is 1. The fourth-order valence-corrected chi connectivity index (χ4v) is 8.46. The van der Waals surface area contributed by atoms with Crippen LogP contribution >= 0.6 is 34.5 Å². The van der Waals surface area contributed by atoms with Crippen LogP contribution in [0.5, 0.6) is 5.88 Å². The summed E-state index contributed by atoms with van der Waals surface area (Å²) in [4.78, 5) is 40.3. The quantitative estimate of drug-likeness (QED) is 0.108. The van der Waals surface area contributed by atoms with Gasteiger partial charge in [0.15, 0.2) is 5.82 Å². The van der Waals surface area contributed by atoms with Crippen LogP contribution in [0.4, 0.5) is 11.5 Å². The zero-order chi connectivity index (χ0) is 36.2. The first-order chi connectivity index (χ1) is 25.3. The SMILES string of the molecule is CNC(=O)C1CCN(Cc2nc3c(Nc4cccc(-c5cccc(-c6ccc(CNC[C@@H]7CCC(=O)N7)c(OC)n6)c5Cl)c4Cl)nccc3s2)CC1. The summed E-state index contributed by atoms with van der Waals surface area (Å²) < 4.78 is 6.69. The fraction of sp³-hybridized carbons (Fsp3) is 0.342. The highest BCUT2D eigenvalue weighted by molar-refractivity contribution is 7.18. The third-order valence-electron chi connectivity index (χ3n) is 9.66. The van der Waals surface area contributed by atoms with E-state index in [4.69, 9.17) is 37.9 Å². The third kappa shape index (κ3) is 7.86. The largest absolute Gasteiger partial charge is 0.481 e.